The molecule has 0 bridgehead atoms. The Kier molecular flexibility index (Phi) is 5.36. The summed E-state index contributed by atoms with van der Waals surface area (Å²) in [6.07, 6.45) is 0.108. The summed E-state index contributed by atoms with van der Waals surface area (Å²) in [5.74, 6) is 0.0632. The molecule has 1 fully saturated rings. The van der Waals surface area contributed by atoms with Gasteiger partial charge >= 0.3 is 0 Å². The van der Waals surface area contributed by atoms with Crippen LogP contribution in [-0.4, -0.2) is 60.5 Å². The van der Waals surface area contributed by atoms with Gasteiger partial charge in [-0.1, -0.05) is 0 Å². The molecule has 0 aliphatic carbocycles. The fourth-order valence-electron chi connectivity index (χ4n) is 2.04. The molecule has 0 aromatic rings. The van der Waals surface area contributed by atoms with Crippen molar-refractivity contribution in [3.63, 3.8) is 0 Å². The number of aliphatic hydroxyl groups excluding tert-OH is 1. The SMILES string of the molecule is CCOCCC(=O)N1CC(CO)OC(C)(C)C1. The molecule has 1 aliphatic heterocycles. The molecule has 5 heteroatoms. The van der Waals surface area contributed by atoms with Gasteiger partial charge in [-0.2, -0.15) is 0 Å². The van der Waals surface area contributed by atoms with Crippen LogP contribution in [-0.2, 0) is 14.3 Å². The molecule has 0 saturated carbocycles. The smallest absolute Gasteiger partial charge is 0.225 e. The highest BCUT2D eigenvalue weighted by Crippen LogP contribution is 2.21. The summed E-state index contributed by atoms with van der Waals surface area (Å²) < 4.78 is 10.8. The maximum absolute atomic E-state index is 11.9. The number of carbonyl (C=O) groups excluding carboxylic acids is 1. The lowest BCUT2D eigenvalue weighted by molar-refractivity contribution is -0.167. The van der Waals surface area contributed by atoms with Crippen LogP contribution < -0.4 is 0 Å². The van der Waals surface area contributed by atoms with E-state index in [4.69, 9.17) is 14.6 Å². The predicted octanol–water partition coefficient (Wildman–Crippen LogP) is 0.411. The van der Waals surface area contributed by atoms with E-state index in [0.717, 1.165) is 0 Å². The number of carbonyl (C=O) groups is 1. The third-order valence-electron chi connectivity index (χ3n) is 2.70. The van der Waals surface area contributed by atoms with Crippen molar-refractivity contribution in [1.29, 1.82) is 0 Å². The minimum absolute atomic E-state index is 0.0569. The second kappa shape index (κ2) is 6.33. The van der Waals surface area contributed by atoms with Gasteiger partial charge in [-0.15, -0.1) is 0 Å². The fraction of sp³-hybridized carbons (Fsp3) is 0.917. The molecular weight excluding hydrogens is 222 g/mol. The lowest BCUT2D eigenvalue weighted by Gasteiger charge is -2.42. The normalized spacial score (nSPS) is 23.8. The summed E-state index contributed by atoms with van der Waals surface area (Å²) in [5.41, 5.74) is -0.396. The number of aliphatic hydroxyl groups is 1. The molecule has 1 N–H and O–H groups in total. The Morgan fingerprint density at radius 3 is 2.88 bits per heavy atom. The Morgan fingerprint density at radius 2 is 2.29 bits per heavy atom. The van der Waals surface area contributed by atoms with E-state index in [9.17, 15) is 4.79 Å². The van der Waals surface area contributed by atoms with E-state index in [1.54, 1.807) is 4.90 Å². The molecule has 1 atom stereocenters. The fourth-order valence-corrected chi connectivity index (χ4v) is 2.04. The number of morpholine rings is 1. The molecule has 1 rings (SSSR count). The van der Waals surface area contributed by atoms with E-state index in [2.05, 4.69) is 0 Å². The van der Waals surface area contributed by atoms with Crippen LogP contribution in [0.4, 0.5) is 0 Å². The van der Waals surface area contributed by atoms with E-state index >= 15 is 0 Å². The van der Waals surface area contributed by atoms with Crippen molar-refractivity contribution in [2.75, 3.05) is 32.9 Å². The molecule has 0 aromatic heterocycles. The summed E-state index contributed by atoms with van der Waals surface area (Å²) in [6, 6.07) is 0. The second-order valence-electron chi connectivity index (χ2n) is 4.90. The van der Waals surface area contributed by atoms with Crippen LogP contribution in [0.3, 0.4) is 0 Å². The summed E-state index contributed by atoms with van der Waals surface area (Å²) in [5, 5.41) is 9.15. The molecule has 5 nitrogen and oxygen atoms in total. The third kappa shape index (κ3) is 4.61. The molecule has 1 aliphatic rings. The second-order valence-corrected chi connectivity index (χ2v) is 4.90. The summed E-state index contributed by atoms with van der Waals surface area (Å²) in [4.78, 5) is 13.7. The molecule has 100 valence electrons. The van der Waals surface area contributed by atoms with Crippen molar-refractivity contribution in [3.8, 4) is 0 Å². The van der Waals surface area contributed by atoms with Crippen molar-refractivity contribution < 1.29 is 19.4 Å². The first kappa shape index (κ1) is 14.4. The Morgan fingerprint density at radius 1 is 1.59 bits per heavy atom. The maximum Gasteiger partial charge on any atom is 0.225 e. The molecule has 17 heavy (non-hydrogen) atoms. The average Bonchev–Trinajstić information content (AvgIpc) is 2.27. The highest BCUT2D eigenvalue weighted by Gasteiger charge is 2.34. The van der Waals surface area contributed by atoms with Crippen LogP contribution in [0.2, 0.25) is 0 Å². The molecular formula is C12H23NO4. The van der Waals surface area contributed by atoms with Gasteiger partial charge in [0.15, 0.2) is 0 Å². The summed E-state index contributed by atoms with van der Waals surface area (Å²) in [7, 11) is 0. The van der Waals surface area contributed by atoms with Crippen LogP contribution >= 0.6 is 0 Å². The quantitative estimate of drug-likeness (QED) is 0.713. The molecule has 1 saturated heterocycles. The zero-order valence-electron chi connectivity index (χ0n) is 10.9. The zero-order valence-corrected chi connectivity index (χ0v) is 10.9. The van der Waals surface area contributed by atoms with Crippen LogP contribution in [0.25, 0.3) is 0 Å². The topological polar surface area (TPSA) is 59.0 Å². The first-order chi connectivity index (χ1) is 7.98. The van der Waals surface area contributed by atoms with Crippen LogP contribution in [0.5, 0.6) is 0 Å². The van der Waals surface area contributed by atoms with Crippen molar-refractivity contribution in [3.05, 3.63) is 0 Å². The van der Waals surface area contributed by atoms with Gasteiger partial charge in [-0.25, -0.2) is 0 Å². The van der Waals surface area contributed by atoms with Crippen LogP contribution in [0.1, 0.15) is 27.2 Å². The monoisotopic (exact) mass is 245 g/mol. The Bertz CT molecular complexity index is 255. The van der Waals surface area contributed by atoms with Gasteiger partial charge in [0.2, 0.25) is 5.91 Å². The molecule has 1 amide bonds. The first-order valence-electron chi connectivity index (χ1n) is 6.12. The molecule has 0 aromatic carbocycles. The van der Waals surface area contributed by atoms with Crippen molar-refractivity contribution in [1.82, 2.24) is 4.90 Å². The van der Waals surface area contributed by atoms with Crippen molar-refractivity contribution in [2.45, 2.75) is 38.9 Å². The molecule has 1 unspecified atom stereocenters. The molecule has 0 radical (unpaired) electrons. The minimum Gasteiger partial charge on any atom is -0.394 e. The van der Waals surface area contributed by atoms with Gasteiger partial charge in [-0.05, 0) is 20.8 Å². The van der Waals surface area contributed by atoms with E-state index < -0.39 is 5.60 Å². The number of ether oxygens (including phenoxy) is 2. The maximum atomic E-state index is 11.9. The number of amides is 1. The number of rotatable bonds is 5. The van der Waals surface area contributed by atoms with Crippen molar-refractivity contribution >= 4 is 5.91 Å². The van der Waals surface area contributed by atoms with Crippen LogP contribution in [0, 0.1) is 0 Å². The van der Waals surface area contributed by atoms with E-state index in [1.807, 2.05) is 20.8 Å². The number of hydrogen-bond donors (Lipinski definition) is 1. The predicted molar refractivity (Wildman–Crippen MR) is 63.7 cm³/mol. The first-order valence-corrected chi connectivity index (χ1v) is 6.12. The minimum atomic E-state index is -0.396. The Balaban J connectivity index is 2.48. The van der Waals surface area contributed by atoms with E-state index in [1.165, 1.54) is 0 Å². The zero-order chi connectivity index (χ0) is 12.9. The number of hydrogen-bond acceptors (Lipinski definition) is 4. The molecule has 1 heterocycles. The van der Waals surface area contributed by atoms with Gasteiger partial charge < -0.3 is 19.5 Å². The van der Waals surface area contributed by atoms with Gasteiger partial charge in [0.1, 0.15) is 0 Å². The van der Waals surface area contributed by atoms with Gasteiger partial charge in [0, 0.05) is 19.7 Å². The standard InChI is InChI=1S/C12H23NO4/c1-4-16-6-5-11(15)13-7-10(8-14)17-12(2,3)9-13/h10,14H,4-9H2,1-3H3. The highest BCUT2D eigenvalue weighted by atomic mass is 16.5. The van der Waals surface area contributed by atoms with Gasteiger partial charge in [0.25, 0.3) is 0 Å². The average molecular weight is 245 g/mol. The molecule has 0 spiro atoms. The lowest BCUT2D eigenvalue weighted by Crippen LogP contribution is -2.55. The Labute approximate surface area is 103 Å². The Hall–Kier alpha value is -0.650. The lowest BCUT2D eigenvalue weighted by atomic mass is 10.0. The third-order valence-corrected chi connectivity index (χ3v) is 2.70. The van der Waals surface area contributed by atoms with E-state index in [-0.39, 0.29) is 18.6 Å². The highest BCUT2D eigenvalue weighted by molar-refractivity contribution is 5.76. The van der Waals surface area contributed by atoms with Gasteiger partial charge in [0.05, 0.1) is 31.3 Å². The van der Waals surface area contributed by atoms with E-state index in [0.29, 0.717) is 32.7 Å². The van der Waals surface area contributed by atoms with Gasteiger partial charge in [-0.3, -0.25) is 4.79 Å². The summed E-state index contributed by atoms with van der Waals surface area (Å²) >= 11 is 0. The van der Waals surface area contributed by atoms with Crippen molar-refractivity contribution in [2.24, 2.45) is 0 Å². The number of nitrogens with zero attached hydrogens (tertiary/aromatic N) is 1. The largest absolute Gasteiger partial charge is 0.394 e. The van der Waals surface area contributed by atoms with Crippen LogP contribution in [0.15, 0.2) is 0 Å². The summed E-state index contributed by atoms with van der Waals surface area (Å²) in [6.45, 7) is 7.81.